The Morgan fingerprint density at radius 3 is 2.18 bits per heavy atom. The third-order valence-corrected chi connectivity index (χ3v) is 7.26. The molecule has 0 aromatic heterocycles. The lowest BCUT2D eigenvalue weighted by atomic mass is 10.1. The second-order valence-electron chi connectivity index (χ2n) is 7.70. The molecule has 9 nitrogen and oxygen atoms in total. The van der Waals surface area contributed by atoms with Crippen molar-refractivity contribution in [2.45, 2.75) is 25.3 Å². The summed E-state index contributed by atoms with van der Waals surface area (Å²) < 4.78 is 42.8. The molecule has 0 aliphatic carbocycles. The van der Waals surface area contributed by atoms with E-state index in [9.17, 15) is 13.2 Å². The SMILES string of the molecule is CCN(CC)CCOc1ccc(CNC(=O)c2ccc(OC)c(S(=O)(=O)N(C)C)c2)cc1OC. The number of sulfonamides is 1. The third kappa shape index (κ3) is 6.85. The zero-order valence-electron chi connectivity index (χ0n) is 20.8. The van der Waals surface area contributed by atoms with Crippen molar-refractivity contribution >= 4 is 15.9 Å². The molecular formula is C24H35N3O6S. The zero-order chi connectivity index (χ0) is 25.3. The molecule has 0 aliphatic heterocycles. The molecule has 0 heterocycles. The molecule has 0 atom stereocenters. The van der Waals surface area contributed by atoms with Gasteiger partial charge in [0.15, 0.2) is 11.5 Å². The number of nitrogens with zero attached hydrogens (tertiary/aromatic N) is 2. The third-order valence-electron chi connectivity index (χ3n) is 5.43. The second-order valence-corrected chi connectivity index (χ2v) is 9.82. The number of likely N-dealkylation sites (N-methyl/N-ethyl adjacent to an activating group) is 1. The predicted octanol–water partition coefficient (Wildman–Crippen LogP) is 2.60. The van der Waals surface area contributed by atoms with Crippen LogP contribution in [0.15, 0.2) is 41.3 Å². The first-order chi connectivity index (χ1) is 16.2. The maximum atomic E-state index is 12.7. The van der Waals surface area contributed by atoms with E-state index in [0.717, 1.165) is 29.5 Å². The minimum Gasteiger partial charge on any atom is -0.495 e. The molecule has 34 heavy (non-hydrogen) atoms. The average molecular weight is 494 g/mol. The lowest BCUT2D eigenvalue weighted by molar-refractivity contribution is 0.0950. The van der Waals surface area contributed by atoms with E-state index >= 15 is 0 Å². The van der Waals surface area contributed by atoms with E-state index in [-0.39, 0.29) is 22.8 Å². The smallest absolute Gasteiger partial charge is 0.251 e. The van der Waals surface area contributed by atoms with Gasteiger partial charge in [-0.05, 0) is 49.0 Å². The number of nitrogens with one attached hydrogen (secondary N) is 1. The Kier molecular flexibility index (Phi) is 10.2. The van der Waals surface area contributed by atoms with Crippen LogP contribution in [-0.2, 0) is 16.6 Å². The van der Waals surface area contributed by atoms with Crippen molar-refractivity contribution in [2.75, 3.05) is 54.6 Å². The molecular weight excluding hydrogens is 458 g/mol. The molecule has 0 radical (unpaired) electrons. The number of hydrogen-bond acceptors (Lipinski definition) is 7. The quantitative estimate of drug-likeness (QED) is 0.458. The fourth-order valence-corrected chi connectivity index (χ4v) is 4.34. The number of hydrogen-bond donors (Lipinski definition) is 1. The average Bonchev–Trinajstić information content (AvgIpc) is 2.84. The van der Waals surface area contributed by atoms with E-state index in [1.54, 1.807) is 7.11 Å². The highest BCUT2D eigenvalue weighted by molar-refractivity contribution is 7.89. The first-order valence-corrected chi connectivity index (χ1v) is 12.5. The van der Waals surface area contributed by atoms with E-state index in [1.165, 1.54) is 39.4 Å². The lowest BCUT2D eigenvalue weighted by Gasteiger charge is -2.19. The molecule has 0 aliphatic rings. The van der Waals surface area contributed by atoms with Crippen LogP contribution in [0.3, 0.4) is 0 Å². The Morgan fingerprint density at radius 2 is 1.59 bits per heavy atom. The summed E-state index contributed by atoms with van der Waals surface area (Å²) in [4.78, 5) is 14.9. The number of ether oxygens (including phenoxy) is 3. The number of carbonyl (C=O) groups excluding carboxylic acids is 1. The maximum absolute atomic E-state index is 12.7. The molecule has 0 saturated carbocycles. The van der Waals surface area contributed by atoms with Gasteiger partial charge in [-0.15, -0.1) is 0 Å². The van der Waals surface area contributed by atoms with Crippen LogP contribution in [0.25, 0.3) is 0 Å². The molecule has 0 fully saturated rings. The molecule has 188 valence electrons. The number of rotatable bonds is 13. The highest BCUT2D eigenvalue weighted by Crippen LogP contribution is 2.29. The van der Waals surface area contributed by atoms with Crippen molar-refractivity contribution in [2.24, 2.45) is 0 Å². The van der Waals surface area contributed by atoms with Gasteiger partial charge in [-0.25, -0.2) is 12.7 Å². The van der Waals surface area contributed by atoms with E-state index in [4.69, 9.17) is 14.2 Å². The molecule has 2 aromatic carbocycles. The summed E-state index contributed by atoms with van der Waals surface area (Å²) in [5.41, 5.74) is 1.03. The van der Waals surface area contributed by atoms with Crippen LogP contribution in [0.2, 0.25) is 0 Å². The van der Waals surface area contributed by atoms with Gasteiger partial charge in [0.05, 0.1) is 14.2 Å². The molecule has 2 aromatic rings. The largest absolute Gasteiger partial charge is 0.495 e. The molecule has 0 saturated heterocycles. The topological polar surface area (TPSA) is 97.4 Å². The maximum Gasteiger partial charge on any atom is 0.251 e. The predicted molar refractivity (Wildman–Crippen MR) is 131 cm³/mol. The summed E-state index contributed by atoms with van der Waals surface area (Å²) in [6, 6.07) is 9.79. The van der Waals surface area contributed by atoms with Crippen LogP contribution in [0.1, 0.15) is 29.8 Å². The summed E-state index contributed by atoms with van der Waals surface area (Å²) in [5.74, 6) is 0.983. The second kappa shape index (κ2) is 12.6. The van der Waals surface area contributed by atoms with Crippen LogP contribution in [0.4, 0.5) is 0 Å². The number of carbonyl (C=O) groups is 1. The van der Waals surface area contributed by atoms with E-state index in [0.29, 0.717) is 18.1 Å². The van der Waals surface area contributed by atoms with Crippen LogP contribution in [0, 0.1) is 0 Å². The zero-order valence-corrected chi connectivity index (χ0v) is 21.6. The fourth-order valence-electron chi connectivity index (χ4n) is 3.27. The Morgan fingerprint density at radius 1 is 0.941 bits per heavy atom. The Bertz CT molecular complexity index is 1070. The van der Waals surface area contributed by atoms with Gasteiger partial charge < -0.3 is 24.4 Å². The standard InChI is InChI=1S/C24H35N3O6S/c1-7-27(8-2)13-14-33-20-11-9-18(15-22(20)32-6)17-25-24(28)19-10-12-21(31-5)23(16-19)34(29,30)26(3)4/h9-12,15-16H,7-8,13-14,17H2,1-6H3,(H,25,28). The molecule has 10 heteroatoms. The van der Waals surface area contributed by atoms with Gasteiger partial charge in [-0.2, -0.15) is 0 Å². The summed E-state index contributed by atoms with van der Waals surface area (Å²) in [6.07, 6.45) is 0. The Balaban J connectivity index is 2.10. The fraction of sp³-hybridized carbons (Fsp3) is 0.458. The minimum absolute atomic E-state index is 0.0690. The molecule has 1 N–H and O–H groups in total. The Labute approximate surface area is 202 Å². The van der Waals surface area contributed by atoms with Crippen LogP contribution in [-0.4, -0.2) is 78.1 Å². The number of amides is 1. The normalized spacial score (nSPS) is 11.5. The lowest BCUT2D eigenvalue weighted by Crippen LogP contribution is -2.28. The summed E-state index contributed by atoms with van der Waals surface area (Å²) in [7, 11) is 2.02. The van der Waals surface area contributed by atoms with Gasteiger partial charge in [-0.3, -0.25) is 4.79 Å². The van der Waals surface area contributed by atoms with Crippen molar-refractivity contribution in [1.82, 2.24) is 14.5 Å². The van der Waals surface area contributed by atoms with E-state index in [1.807, 2.05) is 18.2 Å². The summed E-state index contributed by atoms with van der Waals surface area (Å²) in [5, 5.41) is 2.81. The highest BCUT2D eigenvalue weighted by atomic mass is 32.2. The van der Waals surface area contributed by atoms with Gasteiger partial charge in [0.2, 0.25) is 10.0 Å². The number of methoxy groups -OCH3 is 2. The van der Waals surface area contributed by atoms with Crippen LogP contribution >= 0.6 is 0 Å². The minimum atomic E-state index is -3.78. The molecule has 2 rings (SSSR count). The van der Waals surface area contributed by atoms with Crippen molar-refractivity contribution in [3.63, 3.8) is 0 Å². The van der Waals surface area contributed by atoms with E-state index < -0.39 is 15.9 Å². The first-order valence-electron chi connectivity index (χ1n) is 11.1. The van der Waals surface area contributed by atoms with Crippen molar-refractivity contribution in [3.8, 4) is 17.2 Å². The van der Waals surface area contributed by atoms with Gasteiger partial charge >= 0.3 is 0 Å². The van der Waals surface area contributed by atoms with Gasteiger partial charge in [0.25, 0.3) is 5.91 Å². The Hall–Kier alpha value is -2.82. The molecule has 0 bridgehead atoms. The monoisotopic (exact) mass is 493 g/mol. The molecule has 0 unspecified atom stereocenters. The van der Waals surface area contributed by atoms with Crippen molar-refractivity contribution < 1.29 is 27.4 Å². The molecule has 0 spiro atoms. The van der Waals surface area contributed by atoms with Gasteiger partial charge in [0, 0.05) is 32.7 Å². The summed E-state index contributed by atoms with van der Waals surface area (Å²) in [6.45, 7) is 7.75. The van der Waals surface area contributed by atoms with Crippen molar-refractivity contribution in [1.29, 1.82) is 0 Å². The highest BCUT2D eigenvalue weighted by Gasteiger charge is 2.24. The van der Waals surface area contributed by atoms with Crippen molar-refractivity contribution in [3.05, 3.63) is 47.5 Å². The van der Waals surface area contributed by atoms with Gasteiger partial charge in [0.1, 0.15) is 17.3 Å². The van der Waals surface area contributed by atoms with Gasteiger partial charge in [-0.1, -0.05) is 19.9 Å². The molecule has 1 amide bonds. The van der Waals surface area contributed by atoms with E-state index in [2.05, 4.69) is 24.1 Å². The number of benzene rings is 2. The summed E-state index contributed by atoms with van der Waals surface area (Å²) >= 11 is 0. The first kappa shape index (κ1) is 27.4. The van der Waals surface area contributed by atoms with Crippen LogP contribution in [0.5, 0.6) is 17.2 Å². The van der Waals surface area contributed by atoms with Crippen LogP contribution < -0.4 is 19.5 Å².